The lowest BCUT2D eigenvalue weighted by atomic mass is 9.98. The van der Waals surface area contributed by atoms with E-state index in [-0.39, 0.29) is 11.9 Å². The van der Waals surface area contributed by atoms with E-state index in [1.54, 1.807) is 0 Å². The maximum Gasteiger partial charge on any atom is 0.238 e. The molecule has 0 spiro atoms. The van der Waals surface area contributed by atoms with Gasteiger partial charge in [-0.3, -0.25) is 4.79 Å². The highest BCUT2D eigenvalue weighted by atomic mass is 16.2. The Morgan fingerprint density at radius 3 is 2.67 bits per heavy atom. The van der Waals surface area contributed by atoms with Crippen LogP contribution < -0.4 is 16.0 Å². The van der Waals surface area contributed by atoms with E-state index in [1.165, 1.54) is 0 Å². The smallest absolute Gasteiger partial charge is 0.238 e. The molecule has 15 heavy (non-hydrogen) atoms. The maximum absolute atomic E-state index is 11.7. The van der Waals surface area contributed by atoms with E-state index in [1.807, 2.05) is 0 Å². The normalized spacial score (nSPS) is 23.9. The van der Waals surface area contributed by atoms with Crippen LogP contribution in [0.3, 0.4) is 0 Å². The van der Waals surface area contributed by atoms with Gasteiger partial charge in [-0.2, -0.15) is 0 Å². The molecule has 0 radical (unpaired) electrons. The third-order valence-electron chi connectivity index (χ3n) is 3.09. The number of piperazine rings is 1. The molecule has 88 valence electrons. The molecule has 1 amide bonds. The minimum Gasteiger partial charge on any atom is -0.354 e. The molecule has 4 heteroatoms. The Bertz CT molecular complexity index is 200. The van der Waals surface area contributed by atoms with Gasteiger partial charge < -0.3 is 16.0 Å². The quantitative estimate of drug-likeness (QED) is 0.614. The van der Waals surface area contributed by atoms with Crippen LogP contribution >= 0.6 is 0 Å². The topological polar surface area (TPSA) is 53.2 Å². The summed E-state index contributed by atoms with van der Waals surface area (Å²) in [6.45, 7) is 9.85. The molecular formula is C11H23N3O. The van der Waals surface area contributed by atoms with Crippen molar-refractivity contribution in [2.45, 2.75) is 26.8 Å². The van der Waals surface area contributed by atoms with E-state index >= 15 is 0 Å². The largest absolute Gasteiger partial charge is 0.354 e. The van der Waals surface area contributed by atoms with Crippen LogP contribution in [0, 0.1) is 11.8 Å². The molecule has 1 aliphatic heterocycles. The van der Waals surface area contributed by atoms with Crippen molar-refractivity contribution in [2.24, 2.45) is 11.8 Å². The average molecular weight is 213 g/mol. The van der Waals surface area contributed by atoms with E-state index in [0.717, 1.165) is 26.2 Å². The fourth-order valence-corrected chi connectivity index (χ4v) is 1.46. The molecule has 1 heterocycles. The Balaban J connectivity index is 2.22. The van der Waals surface area contributed by atoms with E-state index in [9.17, 15) is 4.79 Å². The first-order valence-corrected chi connectivity index (χ1v) is 5.83. The molecule has 1 fully saturated rings. The molecule has 2 unspecified atom stereocenters. The average Bonchev–Trinajstić information content (AvgIpc) is 2.26. The van der Waals surface area contributed by atoms with E-state index in [0.29, 0.717) is 11.8 Å². The minimum atomic E-state index is -0.0573. The molecule has 3 N–H and O–H groups in total. The summed E-state index contributed by atoms with van der Waals surface area (Å²) in [6.07, 6.45) is 0. The molecule has 1 rings (SSSR count). The molecule has 0 aromatic rings. The highest BCUT2D eigenvalue weighted by Crippen LogP contribution is 2.07. The second-order valence-electron chi connectivity index (χ2n) is 4.68. The van der Waals surface area contributed by atoms with Crippen LogP contribution in [0.1, 0.15) is 20.8 Å². The number of amides is 1. The summed E-state index contributed by atoms with van der Waals surface area (Å²) in [7, 11) is 0. The Labute approximate surface area is 92.2 Å². The molecule has 1 aliphatic rings. The van der Waals surface area contributed by atoms with Crippen LogP contribution in [0.4, 0.5) is 0 Å². The first-order valence-electron chi connectivity index (χ1n) is 5.83. The molecule has 0 aliphatic carbocycles. The summed E-state index contributed by atoms with van der Waals surface area (Å²) in [5.41, 5.74) is 0. The first-order chi connectivity index (χ1) is 7.11. The minimum absolute atomic E-state index is 0.0573. The predicted octanol–water partition coefficient (Wildman–Crippen LogP) is -0.0439. The van der Waals surface area contributed by atoms with Crippen molar-refractivity contribution in [2.75, 3.05) is 26.2 Å². The molecule has 4 nitrogen and oxygen atoms in total. The van der Waals surface area contributed by atoms with Crippen LogP contribution in [-0.4, -0.2) is 38.1 Å². The zero-order chi connectivity index (χ0) is 11.3. The van der Waals surface area contributed by atoms with Crippen molar-refractivity contribution in [3.05, 3.63) is 0 Å². The number of rotatable bonds is 4. The van der Waals surface area contributed by atoms with Crippen molar-refractivity contribution in [3.8, 4) is 0 Å². The number of hydrogen-bond acceptors (Lipinski definition) is 3. The van der Waals surface area contributed by atoms with Crippen LogP contribution in [0.15, 0.2) is 0 Å². The van der Waals surface area contributed by atoms with Gasteiger partial charge in [0.15, 0.2) is 0 Å². The highest BCUT2D eigenvalue weighted by molar-refractivity contribution is 5.82. The fraction of sp³-hybridized carbons (Fsp3) is 0.909. The van der Waals surface area contributed by atoms with Crippen LogP contribution in [-0.2, 0) is 4.79 Å². The van der Waals surface area contributed by atoms with Gasteiger partial charge in [0.2, 0.25) is 5.91 Å². The Hall–Kier alpha value is -0.610. The van der Waals surface area contributed by atoms with Gasteiger partial charge in [0, 0.05) is 26.2 Å². The summed E-state index contributed by atoms with van der Waals surface area (Å²) in [4.78, 5) is 11.7. The number of carbonyl (C=O) groups is 1. The van der Waals surface area contributed by atoms with Crippen molar-refractivity contribution in [1.82, 2.24) is 16.0 Å². The Kier molecular flexibility index (Phi) is 5.05. The Morgan fingerprint density at radius 1 is 1.40 bits per heavy atom. The van der Waals surface area contributed by atoms with Crippen molar-refractivity contribution in [3.63, 3.8) is 0 Å². The monoisotopic (exact) mass is 213 g/mol. The van der Waals surface area contributed by atoms with Crippen LogP contribution in [0.2, 0.25) is 0 Å². The molecular weight excluding hydrogens is 190 g/mol. The van der Waals surface area contributed by atoms with E-state index in [4.69, 9.17) is 0 Å². The molecule has 0 aromatic carbocycles. The zero-order valence-electron chi connectivity index (χ0n) is 9.97. The van der Waals surface area contributed by atoms with Crippen molar-refractivity contribution >= 4 is 5.91 Å². The standard InChI is InChI=1S/C11H23N3O/c1-8(2)9(3)6-14-11(15)10-7-12-4-5-13-10/h8-10,12-13H,4-7H2,1-3H3,(H,14,15). The predicted molar refractivity (Wildman–Crippen MR) is 61.7 cm³/mol. The van der Waals surface area contributed by atoms with Gasteiger partial charge in [-0.25, -0.2) is 0 Å². The molecule has 2 atom stereocenters. The van der Waals surface area contributed by atoms with Gasteiger partial charge in [-0.1, -0.05) is 20.8 Å². The lowest BCUT2D eigenvalue weighted by Gasteiger charge is -2.24. The van der Waals surface area contributed by atoms with Crippen LogP contribution in [0.25, 0.3) is 0 Å². The summed E-state index contributed by atoms with van der Waals surface area (Å²) < 4.78 is 0. The fourth-order valence-electron chi connectivity index (χ4n) is 1.46. The van der Waals surface area contributed by atoms with Crippen molar-refractivity contribution in [1.29, 1.82) is 0 Å². The molecule has 0 saturated carbocycles. The van der Waals surface area contributed by atoms with Crippen LogP contribution in [0.5, 0.6) is 0 Å². The van der Waals surface area contributed by atoms with Gasteiger partial charge in [-0.05, 0) is 11.8 Å². The summed E-state index contributed by atoms with van der Waals surface area (Å²) in [5.74, 6) is 1.27. The maximum atomic E-state index is 11.7. The second-order valence-corrected chi connectivity index (χ2v) is 4.68. The van der Waals surface area contributed by atoms with Gasteiger partial charge in [0.05, 0.1) is 6.04 Å². The number of carbonyl (C=O) groups excluding carboxylic acids is 1. The highest BCUT2D eigenvalue weighted by Gasteiger charge is 2.20. The summed E-state index contributed by atoms with van der Waals surface area (Å²) in [5, 5.41) is 9.39. The summed E-state index contributed by atoms with van der Waals surface area (Å²) >= 11 is 0. The Morgan fingerprint density at radius 2 is 2.13 bits per heavy atom. The van der Waals surface area contributed by atoms with Gasteiger partial charge >= 0.3 is 0 Å². The van der Waals surface area contributed by atoms with Crippen molar-refractivity contribution < 1.29 is 4.79 Å². The molecule has 0 bridgehead atoms. The number of hydrogen-bond donors (Lipinski definition) is 3. The third-order valence-corrected chi connectivity index (χ3v) is 3.09. The van der Waals surface area contributed by atoms with E-state index in [2.05, 4.69) is 36.7 Å². The summed E-state index contributed by atoms with van der Waals surface area (Å²) in [6, 6.07) is -0.0573. The number of nitrogens with one attached hydrogen (secondary N) is 3. The lowest BCUT2D eigenvalue weighted by molar-refractivity contribution is -0.123. The van der Waals surface area contributed by atoms with E-state index < -0.39 is 0 Å². The molecule has 1 saturated heterocycles. The third kappa shape index (κ3) is 4.18. The van der Waals surface area contributed by atoms with Gasteiger partial charge in [-0.15, -0.1) is 0 Å². The zero-order valence-corrected chi connectivity index (χ0v) is 9.97. The first kappa shape index (κ1) is 12.5. The van der Waals surface area contributed by atoms with Gasteiger partial charge in [0.1, 0.15) is 0 Å². The SMILES string of the molecule is CC(C)C(C)CNC(=O)C1CNCCN1. The second kappa shape index (κ2) is 6.08. The van der Waals surface area contributed by atoms with Gasteiger partial charge in [0.25, 0.3) is 0 Å². The molecule has 0 aromatic heterocycles. The lowest BCUT2D eigenvalue weighted by Crippen LogP contribution is -2.56.